The van der Waals surface area contributed by atoms with Crippen molar-refractivity contribution in [2.45, 2.75) is 20.4 Å². The topological polar surface area (TPSA) is 90.0 Å². The third-order valence-corrected chi connectivity index (χ3v) is 3.24. The molecule has 0 fully saturated rings. The second-order valence-corrected chi connectivity index (χ2v) is 4.96. The van der Waals surface area contributed by atoms with E-state index in [1.165, 1.54) is 0 Å². The van der Waals surface area contributed by atoms with Crippen LogP contribution >= 0.6 is 0 Å². The molecule has 1 N–H and O–H groups in total. The fourth-order valence-electron chi connectivity index (χ4n) is 2.26. The number of aromatic nitrogens is 3. The first kappa shape index (κ1) is 14.0. The molecule has 7 heteroatoms. The van der Waals surface area contributed by atoms with Crippen molar-refractivity contribution in [2.75, 3.05) is 5.32 Å². The van der Waals surface area contributed by atoms with Gasteiger partial charge in [-0.15, -0.1) is 0 Å². The minimum absolute atomic E-state index is 0.184. The molecule has 0 bridgehead atoms. The average Bonchev–Trinajstić information content (AvgIpc) is 2.89. The smallest absolute Gasteiger partial charge is 0.275 e. The first-order chi connectivity index (χ1) is 10.5. The quantitative estimate of drug-likeness (QED) is 0.794. The van der Waals surface area contributed by atoms with Crippen molar-refractivity contribution in [3.8, 4) is 0 Å². The van der Waals surface area contributed by atoms with Crippen LogP contribution in [0, 0.1) is 13.8 Å². The first-order valence-corrected chi connectivity index (χ1v) is 6.74. The van der Waals surface area contributed by atoms with Crippen molar-refractivity contribution in [3.05, 3.63) is 52.1 Å². The SMILES string of the molecule is Cc1cc(NC(=O)Cn2nc(C)c3ccccc3c2=O)no1. The molecule has 0 saturated heterocycles. The molecule has 0 spiro atoms. The Morgan fingerprint density at radius 1 is 1.27 bits per heavy atom. The van der Waals surface area contributed by atoms with Crippen LogP contribution in [0.2, 0.25) is 0 Å². The minimum Gasteiger partial charge on any atom is -0.360 e. The maximum absolute atomic E-state index is 12.4. The molecule has 3 aromatic rings. The summed E-state index contributed by atoms with van der Waals surface area (Å²) in [5, 5.41) is 11.8. The average molecular weight is 298 g/mol. The fraction of sp³-hybridized carbons (Fsp3) is 0.200. The molecule has 7 nitrogen and oxygen atoms in total. The largest absolute Gasteiger partial charge is 0.360 e. The van der Waals surface area contributed by atoms with Crippen molar-refractivity contribution in [1.82, 2.24) is 14.9 Å². The Kier molecular flexibility index (Phi) is 3.46. The number of benzene rings is 1. The first-order valence-electron chi connectivity index (χ1n) is 6.74. The molecular formula is C15H14N4O3. The zero-order valence-electron chi connectivity index (χ0n) is 12.2. The molecule has 2 aromatic heterocycles. The number of rotatable bonds is 3. The normalized spacial score (nSPS) is 10.8. The van der Waals surface area contributed by atoms with Gasteiger partial charge in [-0.3, -0.25) is 9.59 Å². The van der Waals surface area contributed by atoms with Crippen LogP contribution in [0.5, 0.6) is 0 Å². The van der Waals surface area contributed by atoms with Gasteiger partial charge in [0.2, 0.25) is 5.91 Å². The number of nitrogens with zero attached hydrogens (tertiary/aromatic N) is 3. The van der Waals surface area contributed by atoms with E-state index in [1.54, 1.807) is 32.0 Å². The van der Waals surface area contributed by atoms with Gasteiger partial charge in [0.25, 0.3) is 5.56 Å². The molecule has 1 aromatic carbocycles. The minimum atomic E-state index is -0.391. The van der Waals surface area contributed by atoms with E-state index in [-0.39, 0.29) is 12.1 Å². The Morgan fingerprint density at radius 3 is 2.68 bits per heavy atom. The van der Waals surface area contributed by atoms with Crippen LogP contribution < -0.4 is 10.9 Å². The predicted molar refractivity (Wildman–Crippen MR) is 80.6 cm³/mol. The van der Waals surface area contributed by atoms with Crippen molar-refractivity contribution in [3.63, 3.8) is 0 Å². The lowest BCUT2D eigenvalue weighted by Gasteiger charge is -2.08. The molecule has 0 atom stereocenters. The van der Waals surface area contributed by atoms with E-state index in [9.17, 15) is 9.59 Å². The molecule has 3 rings (SSSR count). The summed E-state index contributed by atoms with van der Waals surface area (Å²) >= 11 is 0. The lowest BCUT2D eigenvalue weighted by atomic mass is 10.1. The van der Waals surface area contributed by atoms with Gasteiger partial charge in [-0.25, -0.2) is 4.68 Å². The summed E-state index contributed by atoms with van der Waals surface area (Å²) in [6.45, 7) is 3.34. The Hall–Kier alpha value is -2.96. The molecule has 0 aliphatic rings. The van der Waals surface area contributed by atoms with Crippen LogP contribution in [0.4, 0.5) is 5.82 Å². The van der Waals surface area contributed by atoms with E-state index in [2.05, 4.69) is 15.6 Å². The number of carbonyl (C=O) groups excluding carboxylic acids is 1. The second-order valence-electron chi connectivity index (χ2n) is 4.96. The zero-order chi connectivity index (χ0) is 15.7. The van der Waals surface area contributed by atoms with Crippen LogP contribution in [-0.4, -0.2) is 20.8 Å². The molecule has 0 saturated carbocycles. The summed E-state index contributed by atoms with van der Waals surface area (Å²) in [6.07, 6.45) is 0. The highest BCUT2D eigenvalue weighted by atomic mass is 16.5. The number of hydrogen-bond donors (Lipinski definition) is 1. The van der Waals surface area contributed by atoms with Gasteiger partial charge in [-0.05, 0) is 19.9 Å². The Balaban J connectivity index is 1.89. The van der Waals surface area contributed by atoms with Gasteiger partial charge >= 0.3 is 0 Å². The maximum Gasteiger partial charge on any atom is 0.275 e. The number of carbonyl (C=O) groups is 1. The van der Waals surface area contributed by atoms with E-state index in [0.29, 0.717) is 22.7 Å². The van der Waals surface area contributed by atoms with Gasteiger partial charge in [-0.1, -0.05) is 23.4 Å². The van der Waals surface area contributed by atoms with Crippen LogP contribution in [0.25, 0.3) is 10.8 Å². The molecule has 0 aliphatic carbocycles. The Labute approximate surface area is 125 Å². The molecular weight excluding hydrogens is 284 g/mol. The van der Waals surface area contributed by atoms with Gasteiger partial charge in [0.1, 0.15) is 12.3 Å². The third-order valence-electron chi connectivity index (χ3n) is 3.24. The summed E-state index contributed by atoms with van der Waals surface area (Å²) in [5.74, 6) is 0.512. The number of anilines is 1. The van der Waals surface area contributed by atoms with Crippen LogP contribution in [0.3, 0.4) is 0 Å². The number of nitrogens with one attached hydrogen (secondary N) is 1. The molecule has 112 valence electrons. The second kappa shape index (κ2) is 5.44. The van der Waals surface area contributed by atoms with Crippen LogP contribution in [0.15, 0.2) is 39.6 Å². The van der Waals surface area contributed by atoms with E-state index in [1.807, 2.05) is 12.1 Å². The van der Waals surface area contributed by atoms with Gasteiger partial charge in [0.15, 0.2) is 5.82 Å². The Bertz CT molecular complexity index is 911. The van der Waals surface area contributed by atoms with E-state index >= 15 is 0 Å². The van der Waals surface area contributed by atoms with Gasteiger partial charge in [0.05, 0.1) is 11.1 Å². The number of aryl methyl sites for hydroxylation is 2. The third kappa shape index (κ3) is 2.60. The number of amides is 1. The summed E-state index contributed by atoms with van der Waals surface area (Å²) < 4.78 is 6.02. The van der Waals surface area contributed by atoms with Crippen molar-refractivity contribution in [2.24, 2.45) is 0 Å². The molecule has 1 amide bonds. The summed E-state index contributed by atoms with van der Waals surface area (Å²) in [4.78, 5) is 24.4. The maximum atomic E-state index is 12.4. The zero-order valence-corrected chi connectivity index (χ0v) is 12.2. The molecule has 2 heterocycles. The highest BCUT2D eigenvalue weighted by molar-refractivity contribution is 5.90. The highest BCUT2D eigenvalue weighted by Gasteiger charge is 2.12. The van der Waals surface area contributed by atoms with E-state index < -0.39 is 5.91 Å². The monoisotopic (exact) mass is 298 g/mol. The highest BCUT2D eigenvalue weighted by Crippen LogP contribution is 2.12. The van der Waals surface area contributed by atoms with Crippen molar-refractivity contribution < 1.29 is 9.32 Å². The number of hydrogen-bond acceptors (Lipinski definition) is 5. The van der Waals surface area contributed by atoms with Crippen LogP contribution in [-0.2, 0) is 11.3 Å². The molecule has 0 radical (unpaired) electrons. The van der Waals surface area contributed by atoms with E-state index in [4.69, 9.17) is 4.52 Å². The van der Waals surface area contributed by atoms with Crippen LogP contribution in [0.1, 0.15) is 11.5 Å². The lowest BCUT2D eigenvalue weighted by Crippen LogP contribution is -2.30. The lowest BCUT2D eigenvalue weighted by molar-refractivity contribution is -0.117. The van der Waals surface area contributed by atoms with Gasteiger partial charge in [-0.2, -0.15) is 5.10 Å². The Morgan fingerprint density at radius 2 is 2.00 bits per heavy atom. The number of fused-ring (bicyclic) bond motifs is 1. The van der Waals surface area contributed by atoms with Crippen molar-refractivity contribution in [1.29, 1.82) is 0 Å². The standard InChI is InChI=1S/C15H14N4O3/c1-9-7-13(18-22-9)16-14(20)8-19-15(21)12-6-4-3-5-11(12)10(2)17-19/h3-7H,8H2,1-2H3,(H,16,18,20). The van der Waals surface area contributed by atoms with Gasteiger partial charge in [0, 0.05) is 11.5 Å². The fourth-order valence-corrected chi connectivity index (χ4v) is 2.26. The summed E-state index contributed by atoms with van der Waals surface area (Å²) in [7, 11) is 0. The molecule has 0 unspecified atom stereocenters. The van der Waals surface area contributed by atoms with Crippen molar-refractivity contribution >= 4 is 22.5 Å². The van der Waals surface area contributed by atoms with Gasteiger partial charge < -0.3 is 9.84 Å². The summed E-state index contributed by atoms with van der Waals surface area (Å²) in [5.41, 5.74) is 0.396. The summed E-state index contributed by atoms with van der Waals surface area (Å²) in [6, 6.07) is 8.79. The van der Waals surface area contributed by atoms with E-state index in [0.717, 1.165) is 10.1 Å². The predicted octanol–water partition coefficient (Wildman–Crippen LogP) is 1.64. The molecule has 22 heavy (non-hydrogen) atoms. The molecule has 0 aliphatic heterocycles.